The van der Waals surface area contributed by atoms with Gasteiger partial charge < -0.3 is 14.7 Å². The van der Waals surface area contributed by atoms with Crippen molar-refractivity contribution in [2.75, 3.05) is 26.8 Å². The second-order valence-electron chi connectivity index (χ2n) is 6.00. The van der Waals surface area contributed by atoms with Gasteiger partial charge in [0.15, 0.2) is 0 Å². The second kappa shape index (κ2) is 7.86. The lowest BCUT2D eigenvalue weighted by Crippen LogP contribution is -2.27. The molecule has 1 N–H and O–H groups in total. The summed E-state index contributed by atoms with van der Waals surface area (Å²) < 4.78 is 23.3. The summed E-state index contributed by atoms with van der Waals surface area (Å²) >= 11 is 0. The maximum Gasteiger partial charge on any atom is 0.278 e. The van der Waals surface area contributed by atoms with E-state index in [1.807, 2.05) is 0 Å². The quantitative estimate of drug-likeness (QED) is 0.826. The summed E-state index contributed by atoms with van der Waals surface area (Å²) in [5, 5.41) is 12.4. The molecule has 1 aromatic carbocycles. The third-order valence-electron chi connectivity index (χ3n) is 4.46. The van der Waals surface area contributed by atoms with Gasteiger partial charge in [0.25, 0.3) is 5.56 Å². The van der Waals surface area contributed by atoms with Crippen molar-refractivity contribution in [3.63, 3.8) is 0 Å². The number of fused-ring (bicyclic) bond motifs is 1. The highest BCUT2D eigenvalue weighted by Gasteiger charge is 2.28. The van der Waals surface area contributed by atoms with Crippen molar-refractivity contribution in [3.8, 4) is 34.6 Å². The Morgan fingerprint density at radius 2 is 1.89 bits per heavy atom. The van der Waals surface area contributed by atoms with Gasteiger partial charge >= 0.3 is 0 Å². The molecular weight excluding hydrogens is 353 g/mol. The van der Waals surface area contributed by atoms with Crippen molar-refractivity contribution >= 4 is 0 Å². The maximum atomic E-state index is 14.9. The number of hydrogen-bond donors (Lipinski definition) is 1. The molecule has 2 heterocycles. The van der Waals surface area contributed by atoms with Crippen LogP contribution in [0.3, 0.4) is 0 Å². The van der Waals surface area contributed by atoms with Gasteiger partial charge in [-0.3, -0.25) is 4.79 Å². The minimum Gasteiger partial charge on any atom is -0.493 e. The smallest absolute Gasteiger partial charge is 0.278 e. The van der Waals surface area contributed by atoms with Crippen LogP contribution in [0.1, 0.15) is 19.4 Å². The molecule has 0 amide bonds. The molecule has 1 aliphatic heterocycles. The Kier molecular flexibility index (Phi) is 5.54. The molecule has 0 unspecified atom stereocenters. The number of hydroxylamine groups is 2. The van der Waals surface area contributed by atoms with Crippen molar-refractivity contribution in [1.82, 2.24) is 14.4 Å². The average Bonchev–Trinajstić information content (AvgIpc) is 2.79. The number of benzene rings is 1. The van der Waals surface area contributed by atoms with E-state index in [1.165, 1.54) is 15.4 Å². The van der Waals surface area contributed by atoms with Crippen LogP contribution >= 0.6 is 0 Å². The molecule has 1 aromatic heterocycles. The molecule has 3 rings (SSSR count). The van der Waals surface area contributed by atoms with Crippen molar-refractivity contribution in [1.29, 1.82) is 0 Å². The molecule has 27 heavy (non-hydrogen) atoms. The molecule has 0 spiro atoms. The zero-order valence-corrected chi connectivity index (χ0v) is 15.6. The first-order chi connectivity index (χ1) is 13.0. The van der Waals surface area contributed by atoms with E-state index < -0.39 is 11.4 Å². The largest absolute Gasteiger partial charge is 0.493 e. The molecule has 1 aliphatic rings. The van der Waals surface area contributed by atoms with Crippen molar-refractivity contribution in [3.05, 3.63) is 33.9 Å². The predicted octanol–water partition coefficient (Wildman–Crippen LogP) is 1.81. The van der Waals surface area contributed by atoms with Crippen LogP contribution in [0, 0.1) is 17.7 Å². The first kappa shape index (κ1) is 19.0. The van der Waals surface area contributed by atoms with Gasteiger partial charge in [0.05, 0.1) is 32.4 Å². The van der Waals surface area contributed by atoms with Crippen LogP contribution in [0.25, 0.3) is 11.1 Å². The maximum absolute atomic E-state index is 14.9. The molecule has 0 aliphatic carbocycles. The predicted molar refractivity (Wildman–Crippen MR) is 98.1 cm³/mol. The van der Waals surface area contributed by atoms with Gasteiger partial charge in [-0.05, 0) is 26.0 Å². The Hall–Kier alpha value is -2.76. The van der Waals surface area contributed by atoms with Crippen molar-refractivity contribution in [2.45, 2.75) is 26.9 Å². The van der Waals surface area contributed by atoms with Crippen LogP contribution < -0.4 is 10.3 Å². The summed E-state index contributed by atoms with van der Waals surface area (Å²) in [6.45, 7) is 5.31. The molecule has 0 radical (unpaired) electrons. The lowest BCUT2D eigenvalue weighted by molar-refractivity contribution is -0.130. The molecule has 0 saturated heterocycles. The number of aromatic hydroxyl groups is 1. The van der Waals surface area contributed by atoms with E-state index in [1.54, 1.807) is 32.1 Å². The minimum atomic E-state index is -0.661. The molecule has 8 heteroatoms. The monoisotopic (exact) mass is 375 g/mol. The highest BCUT2D eigenvalue weighted by atomic mass is 19.1. The molecule has 0 fully saturated rings. The summed E-state index contributed by atoms with van der Waals surface area (Å²) in [6, 6.07) is 2.82. The number of nitrogens with zero attached hydrogens (tertiary/aromatic N) is 3. The lowest BCUT2D eigenvalue weighted by Gasteiger charge is -2.15. The second-order valence-corrected chi connectivity index (χ2v) is 6.00. The Labute approximate surface area is 156 Å². The highest BCUT2D eigenvalue weighted by Crippen LogP contribution is 2.37. The van der Waals surface area contributed by atoms with Gasteiger partial charge in [0.1, 0.15) is 17.1 Å². The SMILES string of the molecule is CC#Cc1cc(F)c(-c2c(O)n3n(c2=O)CCN(OC)CC3)c(OCC)c1. The normalized spacial score (nSPS) is 14.2. The zero-order chi connectivity index (χ0) is 19.6. The summed E-state index contributed by atoms with van der Waals surface area (Å²) in [7, 11) is 1.55. The number of halogens is 1. The number of ether oxygens (including phenoxy) is 1. The summed E-state index contributed by atoms with van der Waals surface area (Å²) in [4.78, 5) is 18.2. The fraction of sp³-hybridized carbons (Fsp3) is 0.421. The van der Waals surface area contributed by atoms with E-state index >= 15 is 0 Å². The van der Waals surface area contributed by atoms with E-state index in [0.717, 1.165) is 0 Å². The number of rotatable bonds is 4. The van der Waals surface area contributed by atoms with E-state index in [0.29, 0.717) is 31.7 Å². The van der Waals surface area contributed by atoms with E-state index in [2.05, 4.69) is 11.8 Å². The minimum absolute atomic E-state index is 0.0438. The van der Waals surface area contributed by atoms with Gasteiger partial charge in [-0.15, -0.1) is 5.92 Å². The zero-order valence-electron chi connectivity index (χ0n) is 15.6. The fourth-order valence-corrected chi connectivity index (χ4v) is 3.26. The average molecular weight is 375 g/mol. The van der Waals surface area contributed by atoms with E-state index in [-0.39, 0.29) is 29.4 Å². The molecular formula is C19H22FN3O4. The number of aromatic nitrogens is 2. The number of hydrogen-bond acceptors (Lipinski definition) is 5. The Bertz CT molecular complexity index is 968. The molecule has 0 bridgehead atoms. The summed E-state index contributed by atoms with van der Waals surface area (Å²) in [5.41, 5.74) is -0.173. The van der Waals surface area contributed by atoms with Gasteiger partial charge in [-0.25, -0.2) is 13.8 Å². The Balaban J connectivity index is 2.18. The van der Waals surface area contributed by atoms with Gasteiger partial charge in [0.2, 0.25) is 5.88 Å². The van der Waals surface area contributed by atoms with Gasteiger partial charge in [0, 0.05) is 18.7 Å². The van der Waals surface area contributed by atoms with Crippen LogP contribution in [-0.2, 0) is 17.9 Å². The molecule has 0 saturated carbocycles. The van der Waals surface area contributed by atoms with Crippen LogP contribution in [0.2, 0.25) is 0 Å². The third-order valence-corrected chi connectivity index (χ3v) is 4.46. The molecule has 7 nitrogen and oxygen atoms in total. The van der Waals surface area contributed by atoms with Crippen LogP contribution in [0.4, 0.5) is 4.39 Å². The Morgan fingerprint density at radius 3 is 2.52 bits per heavy atom. The van der Waals surface area contributed by atoms with Crippen LogP contribution in [0.15, 0.2) is 16.9 Å². The van der Waals surface area contributed by atoms with Crippen LogP contribution in [0.5, 0.6) is 11.6 Å². The van der Waals surface area contributed by atoms with Crippen molar-refractivity contribution in [2.24, 2.45) is 0 Å². The van der Waals surface area contributed by atoms with Crippen LogP contribution in [-0.4, -0.2) is 46.3 Å². The first-order valence-electron chi connectivity index (χ1n) is 8.72. The molecule has 2 aromatic rings. The highest BCUT2D eigenvalue weighted by molar-refractivity contribution is 5.75. The van der Waals surface area contributed by atoms with Gasteiger partial charge in [-0.1, -0.05) is 5.92 Å². The molecule has 0 atom stereocenters. The fourth-order valence-electron chi connectivity index (χ4n) is 3.26. The van der Waals surface area contributed by atoms with Gasteiger partial charge in [-0.2, -0.15) is 5.06 Å². The van der Waals surface area contributed by atoms with Crippen molar-refractivity contribution < 1.29 is 19.1 Å². The summed E-state index contributed by atoms with van der Waals surface area (Å²) in [5.74, 6) is 4.73. The first-order valence-corrected chi connectivity index (χ1v) is 8.72. The van der Waals surface area contributed by atoms with E-state index in [9.17, 15) is 14.3 Å². The standard InChI is InChI=1S/C19H22FN3O4/c1-4-6-13-11-14(20)16(15(12-13)27-5-2)17-18(24)22-9-7-21(26-3)8-10-23(22)19(17)25/h11-12,24H,5,7-10H2,1-3H3. The third kappa shape index (κ3) is 3.44. The lowest BCUT2D eigenvalue weighted by atomic mass is 10.0. The molecule has 144 valence electrons. The Morgan fingerprint density at radius 1 is 1.19 bits per heavy atom. The topological polar surface area (TPSA) is 68.9 Å². The van der Waals surface area contributed by atoms with E-state index in [4.69, 9.17) is 9.57 Å². The summed E-state index contributed by atoms with van der Waals surface area (Å²) in [6.07, 6.45) is 0.